The molecule has 1 N–H and O–H groups in total. The number of unbranched alkanes of at least 4 members (excludes halogenated alkanes) is 1. The van der Waals surface area contributed by atoms with E-state index in [-0.39, 0.29) is 6.04 Å². The Morgan fingerprint density at radius 1 is 1.03 bits per heavy atom. The minimum absolute atomic E-state index is 0.206. The standard InChI is InChI=1S/C28H39N3O4/c1-6-7-17-34-20-23(32)18-31(21(2)3)19-26-27(22-11-9-8-10-12-22)29-30(4)28(26)35-25-15-13-24(33-5)14-16-25/h8-16,21,23,32H,6-7,17-20H2,1-5H3. The largest absolute Gasteiger partial charge is 0.497 e. The number of benzene rings is 2. The molecule has 1 unspecified atom stereocenters. The molecule has 0 saturated heterocycles. The van der Waals surface area contributed by atoms with Crippen LogP contribution < -0.4 is 9.47 Å². The summed E-state index contributed by atoms with van der Waals surface area (Å²) in [7, 11) is 3.54. The number of hydrogen-bond donors (Lipinski definition) is 1. The van der Waals surface area contributed by atoms with E-state index in [1.807, 2.05) is 49.5 Å². The van der Waals surface area contributed by atoms with Crippen LogP contribution in [0.5, 0.6) is 17.4 Å². The molecule has 0 spiro atoms. The van der Waals surface area contributed by atoms with Crippen molar-refractivity contribution in [1.29, 1.82) is 0 Å². The second-order valence-electron chi connectivity index (χ2n) is 9.01. The van der Waals surface area contributed by atoms with Gasteiger partial charge in [0.2, 0.25) is 5.88 Å². The number of rotatable bonds is 14. The third kappa shape index (κ3) is 7.56. The maximum Gasteiger partial charge on any atom is 0.222 e. The highest BCUT2D eigenvalue weighted by atomic mass is 16.5. The van der Waals surface area contributed by atoms with Gasteiger partial charge in [-0.3, -0.25) is 4.90 Å². The zero-order valence-corrected chi connectivity index (χ0v) is 21.6. The molecule has 2 aromatic carbocycles. The van der Waals surface area contributed by atoms with E-state index in [0.717, 1.165) is 35.4 Å². The first-order chi connectivity index (χ1) is 16.9. The third-order valence-corrected chi connectivity index (χ3v) is 5.90. The van der Waals surface area contributed by atoms with Gasteiger partial charge < -0.3 is 19.3 Å². The van der Waals surface area contributed by atoms with Crippen LogP contribution in [0.1, 0.15) is 39.2 Å². The number of nitrogens with zero attached hydrogens (tertiary/aromatic N) is 3. The van der Waals surface area contributed by atoms with Gasteiger partial charge in [0.15, 0.2) is 0 Å². The fourth-order valence-corrected chi connectivity index (χ4v) is 3.86. The number of ether oxygens (including phenoxy) is 3. The Balaban J connectivity index is 1.89. The molecule has 0 aliphatic carbocycles. The zero-order chi connectivity index (χ0) is 25.2. The highest BCUT2D eigenvalue weighted by Crippen LogP contribution is 2.35. The van der Waals surface area contributed by atoms with Crippen LogP contribution in [0.25, 0.3) is 11.3 Å². The summed E-state index contributed by atoms with van der Waals surface area (Å²) in [5, 5.41) is 15.5. The molecule has 1 heterocycles. The molecule has 0 bridgehead atoms. The highest BCUT2D eigenvalue weighted by Gasteiger charge is 2.24. The van der Waals surface area contributed by atoms with Gasteiger partial charge in [0.05, 0.1) is 25.4 Å². The average Bonchev–Trinajstić information content (AvgIpc) is 3.17. The van der Waals surface area contributed by atoms with Crippen molar-refractivity contribution in [3.05, 3.63) is 60.2 Å². The van der Waals surface area contributed by atoms with Crippen LogP contribution >= 0.6 is 0 Å². The maximum atomic E-state index is 10.7. The first-order valence-electron chi connectivity index (χ1n) is 12.4. The van der Waals surface area contributed by atoms with Crippen LogP contribution in [0.15, 0.2) is 54.6 Å². The summed E-state index contributed by atoms with van der Waals surface area (Å²) in [4.78, 5) is 2.23. The summed E-state index contributed by atoms with van der Waals surface area (Å²) >= 11 is 0. The van der Waals surface area contributed by atoms with Gasteiger partial charge in [0.1, 0.15) is 17.2 Å². The number of aliphatic hydroxyl groups excluding tert-OH is 1. The van der Waals surface area contributed by atoms with Crippen molar-refractivity contribution in [2.24, 2.45) is 7.05 Å². The lowest BCUT2D eigenvalue weighted by atomic mass is 10.1. The number of aromatic nitrogens is 2. The molecular weight excluding hydrogens is 442 g/mol. The summed E-state index contributed by atoms with van der Waals surface area (Å²) in [6, 6.07) is 17.8. The minimum atomic E-state index is -0.572. The number of aliphatic hydroxyl groups is 1. The molecular formula is C28H39N3O4. The summed E-state index contributed by atoms with van der Waals surface area (Å²) in [5.74, 6) is 2.15. The molecule has 0 saturated carbocycles. The van der Waals surface area contributed by atoms with Gasteiger partial charge in [-0.25, -0.2) is 4.68 Å². The Morgan fingerprint density at radius 3 is 2.34 bits per heavy atom. The molecule has 35 heavy (non-hydrogen) atoms. The molecule has 1 atom stereocenters. The molecule has 3 rings (SSSR count). The molecule has 7 heteroatoms. The number of hydrogen-bond acceptors (Lipinski definition) is 6. The van der Waals surface area contributed by atoms with Crippen molar-refractivity contribution in [2.45, 2.75) is 52.3 Å². The third-order valence-electron chi connectivity index (χ3n) is 5.90. The van der Waals surface area contributed by atoms with E-state index in [0.29, 0.717) is 37.9 Å². The second kappa shape index (κ2) is 13.3. The van der Waals surface area contributed by atoms with E-state index >= 15 is 0 Å². The molecule has 3 aromatic rings. The van der Waals surface area contributed by atoms with E-state index < -0.39 is 6.10 Å². The summed E-state index contributed by atoms with van der Waals surface area (Å²) in [5.41, 5.74) is 2.87. The van der Waals surface area contributed by atoms with Crippen molar-refractivity contribution in [1.82, 2.24) is 14.7 Å². The highest BCUT2D eigenvalue weighted by molar-refractivity contribution is 5.65. The van der Waals surface area contributed by atoms with Crippen LogP contribution in [0.2, 0.25) is 0 Å². The topological polar surface area (TPSA) is 69.0 Å². The average molecular weight is 482 g/mol. The lowest BCUT2D eigenvalue weighted by Crippen LogP contribution is -2.39. The normalized spacial score (nSPS) is 12.3. The Morgan fingerprint density at radius 2 is 1.71 bits per heavy atom. The molecule has 0 fully saturated rings. The smallest absolute Gasteiger partial charge is 0.222 e. The van der Waals surface area contributed by atoms with E-state index in [1.54, 1.807) is 11.8 Å². The van der Waals surface area contributed by atoms with Crippen molar-refractivity contribution in [3.8, 4) is 28.6 Å². The Kier molecular flexibility index (Phi) is 10.1. The van der Waals surface area contributed by atoms with Crippen molar-refractivity contribution < 1.29 is 19.3 Å². The lowest BCUT2D eigenvalue weighted by Gasteiger charge is -2.29. The van der Waals surface area contributed by atoms with Gasteiger partial charge in [-0.1, -0.05) is 43.7 Å². The predicted molar refractivity (Wildman–Crippen MR) is 139 cm³/mol. The lowest BCUT2D eigenvalue weighted by molar-refractivity contribution is 0.00848. The van der Waals surface area contributed by atoms with Gasteiger partial charge >= 0.3 is 0 Å². The van der Waals surface area contributed by atoms with Crippen molar-refractivity contribution in [2.75, 3.05) is 26.9 Å². The molecule has 7 nitrogen and oxygen atoms in total. The zero-order valence-electron chi connectivity index (χ0n) is 21.6. The fraction of sp³-hybridized carbons (Fsp3) is 0.464. The maximum absolute atomic E-state index is 10.7. The molecule has 0 aliphatic rings. The van der Waals surface area contributed by atoms with E-state index in [2.05, 4.69) is 37.8 Å². The molecule has 0 aliphatic heterocycles. The molecule has 1 aromatic heterocycles. The van der Waals surface area contributed by atoms with Crippen LogP contribution in [0.4, 0.5) is 0 Å². The summed E-state index contributed by atoms with van der Waals surface area (Å²) in [6.07, 6.45) is 1.51. The SMILES string of the molecule is CCCCOCC(O)CN(Cc1c(-c2ccccc2)nn(C)c1Oc1ccc(OC)cc1)C(C)C. The van der Waals surface area contributed by atoms with Crippen LogP contribution in [-0.2, 0) is 18.3 Å². The Hall–Kier alpha value is -2.87. The predicted octanol–water partition coefficient (Wildman–Crippen LogP) is 5.28. The summed E-state index contributed by atoms with van der Waals surface area (Å²) in [6.45, 7) is 8.47. The van der Waals surface area contributed by atoms with Gasteiger partial charge in [0, 0.05) is 38.3 Å². The molecule has 0 amide bonds. The quantitative estimate of drug-likeness (QED) is 0.316. The van der Waals surface area contributed by atoms with Gasteiger partial charge in [-0.05, 0) is 44.5 Å². The van der Waals surface area contributed by atoms with Crippen LogP contribution in [-0.4, -0.2) is 58.8 Å². The van der Waals surface area contributed by atoms with Crippen molar-refractivity contribution >= 4 is 0 Å². The van der Waals surface area contributed by atoms with Gasteiger partial charge in [-0.15, -0.1) is 0 Å². The van der Waals surface area contributed by atoms with E-state index in [9.17, 15) is 5.11 Å². The van der Waals surface area contributed by atoms with Gasteiger partial charge in [0.25, 0.3) is 0 Å². The van der Waals surface area contributed by atoms with Crippen LogP contribution in [0.3, 0.4) is 0 Å². The Bertz CT molecular complexity index is 1020. The van der Waals surface area contributed by atoms with E-state index in [1.165, 1.54) is 0 Å². The minimum Gasteiger partial charge on any atom is -0.497 e. The summed E-state index contributed by atoms with van der Waals surface area (Å²) < 4.78 is 19.1. The molecule has 0 radical (unpaired) electrons. The fourth-order valence-electron chi connectivity index (χ4n) is 3.86. The first kappa shape index (κ1) is 26.7. The van der Waals surface area contributed by atoms with Gasteiger partial charge in [-0.2, -0.15) is 5.10 Å². The first-order valence-corrected chi connectivity index (χ1v) is 12.4. The van der Waals surface area contributed by atoms with Crippen molar-refractivity contribution in [3.63, 3.8) is 0 Å². The monoisotopic (exact) mass is 481 g/mol. The Labute approximate surface area is 209 Å². The second-order valence-corrected chi connectivity index (χ2v) is 9.01. The van der Waals surface area contributed by atoms with Crippen LogP contribution in [0, 0.1) is 0 Å². The number of aryl methyl sites for hydroxylation is 1. The number of methoxy groups -OCH3 is 1. The molecule has 190 valence electrons. The van der Waals surface area contributed by atoms with E-state index in [4.69, 9.17) is 19.3 Å².